The zero-order chi connectivity index (χ0) is 65.9. The summed E-state index contributed by atoms with van der Waals surface area (Å²) < 4.78 is 275. The number of ether oxygens (including phenoxy) is 10. The summed E-state index contributed by atoms with van der Waals surface area (Å²) in [7, 11) is -32.4. The summed E-state index contributed by atoms with van der Waals surface area (Å²) in [6.07, 6.45) is -44.1. The van der Waals surface area contributed by atoms with Crippen molar-refractivity contribution in [1.82, 2.24) is 14.8 Å². The van der Waals surface area contributed by atoms with E-state index in [0.717, 1.165) is 14.2 Å². The molecule has 0 bridgehead atoms. The van der Waals surface area contributed by atoms with Crippen LogP contribution in [0.4, 0.5) is 0 Å². The summed E-state index contributed by atoms with van der Waals surface area (Å²) in [6.45, 7) is -6.92. The van der Waals surface area contributed by atoms with Gasteiger partial charge >= 0.3 is 257 Å². The number of carboxylic acid groups (broad SMARTS) is 2. The second-order valence-corrected chi connectivity index (χ2v) is 24.1. The molecule has 95 heavy (non-hydrogen) atoms. The first kappa shape index (κ1) is 108. The van der Waals surface area contributed by atoms with Crippen molar-refractivity contribution in [3.8, 4) is 0 Å². The molecule has 47 nitrogen and oxygen atoms in total. The molecule has 0 unspecified atom stereocenters. The molecular weight excluding hydrogens is 1530 g/mol. The van der Waals surface area contributed by atoms with E-state index in [1.54, 1.807) is 0 Å². The van der Waals surface area contributed by atoms with Gasteiger partial charge in [0.05, 0.1) is 51.5 Å². The van der Waals surface area contributed by atoms with Gasteiger partial charge in [-0.1, -0.05) is 0 Å². The van der Waals surface area contributed by atoms with Crippen LogP contribution < -0.4 is 272 Å². The molecule has 4 aliphatic heterocycles. The number of nitrogens with zero attached hydrogens (tertiary/aromatic N) is 2. The fourth-order valence-electron chi connectivity index (χ4n) is 8.22. The van der Waals surface area contributed by atoms with Crippen LogP contribution >= 0.6 is 0 Å². The van der Waals surface area contributed by atoms with E-state index in [2.05, 4.69) is 32.0 Å². The van der Waals surface area contributed by atoms with Gasteiger partial charge in [0.15, 0.2) is 58.0 Å². The molecule has 4 heterocycles. The van der Waals surface area contributed by atoms with Gasteiger partial charge in [-0.25, -0.2) is 51.5 Å². The van der Waals surface area contributed by atoms with Crippen molar-refractivity contribution in [2.24, 2.45) is 9.98 Å². The third-order valence-corrected chi connectivity index (χ3v) is 14.5. The van der Waals surface area contributed by atoms with Crippen LogP contribution in [0.25, 0.3) is 0 Å². The van der Waals surface area contributed by atoms with Crippen molar-refractivity contribution in [3.63, 3.8) is 0 Å². The first-order chi connectivity index (χ1) is 39.9. The van der Waals surface area contributed by atoms with Gasteiger partial charge < -0.3 is 131 Å². The predicted octanol–water partition coefficient (Wildman–Crippen LogP) is -41.0. The number of nitrogens with one attached hydrogen (secondary N) is 3. The number of rotatable bonds is 34. The number of carbonyl (C=O) groups is 2. The third-order valence-electron chi connectivity index (χ3n) is 11.6. The van der Waals surface area contributed by atoms with E-state index in [-0.39, 0.29) is 250 Å². The Morgan fingerprint density at radius 1 is 0.463 bits per heavy atom. The predicted molar refractivity (Wildman–Crippen MR) is 247 cm³/mol. The van der Waals surface area contributed by atoms with Crippen molar-refractivity contribution in [1.29, 1.82) is 0 Å². The fraction of sp³-hybridized carbons (Fsp3) is 0.882. The Hall–Kier alpha value is 4.50. The number of aliphatic hydroxyl groups is 4. The van der Waals surface area contributed by atoms with E-state index in [1.165, 1.54) is 9.44 Å². The van der Waals surface area contributed by atoms with Crippen LogP contribution in [0.5, 0.6) is 0 Å². The molecule has 0 aromatic carbocycles. The first-order valence-electron chi connectivity index (χ1n) is 23.4. The molecule has 4 aliphatic rings. The topological polar surface area (TPSA) is 735 Å². The minimum Gasteiger partial charge on any atom is -0.860 e. The molecule has 0 aromatic rings. The van der Waals surface area contributed by atoms with Gasteiger partial charge in [0.1, 0.15) is 85.3 Å². The van der Waals surface area contributed by atoms with Crippen LogP contribution in [0.15, 0.2) is 9.98 Å². The fourth-order valence-corrected chi connectivity index (χ4v) is 11.0. The number of aliphatic carboxylic acids is 2. The second kappa shape index (κ2) is 48.1. The van der Waals surface area contributed by atoms with Gasteiger partial charge in [0.2, 0.25) is 20.8 Å². The molecule has 61 heteroatoms. The molecule has 0 amide bonds. The largest absolute Gasteiger partial charge is 1.00 e. The van der Waals surface area contributed by atoms with Gasteiger partial charge in [0, 0.05) is 27.3 Å². The minimum atomic E-state index is -5.77. The van der Waals surface area contributed by atoms with Crippen LogP contribution in [0.2, 0.25) is 0 Å². The summed E-state index contributed by atoms with van der Waals surface area (Å²) in [5.74, 6) is -7.01. The average molecular weight is 1580 g/mol. The van der Waals surface area contributed by atoms with E-state index >= 15 is 0 Å². The van der Waals surface area contributed by atoms with E-state index in [9.17, 15) is 128 Å². The van der Waals surface area contributed by atoms with Crippen molar-refractivity contribution in [3.05, 3.63) is 0 Å². The summed E-state index contributed by atoms with van der Waals surface area (Å²) >= 11 is 0. The summed E-state index contributed by atoms with van der Waals surface area (Å²) in [5, 5.41) is 96.6. The zero-order valence-corrected chi connectivity index (χ0v) is 72.3. The molecule has 4 rings (SSSR count). The Labute approximate surface area is 718 Å². The number of carbonyl (C=O) groups excluding carboxylic acids is 2. The number of methoxy groups -OCH3 is 2. The smallest absolute Gasteiger partial charge is 0.860 e. The molecule has 0 spiro atoms. The molecule has 0 radical (unpaired) electrons. The van der Waals surface area contributed by atoms with Gasteiger partial charge in [-0.05, 0) is 11.8 Å². The first-order valence-corrected chi connectivity index (χ1v) is 31.6. The molecule has 9 N–H and O–H groups in total. The maximum absolute atomic E-state index is 12.7. The van der Waals surface area contributed by atoms with E-state index < -0.39 is 248 Å². The number of hydrogen-bond donors (Lipinski definition) is 9. The summed E-state index contributed by atoms with van der Waals surface area (Å²) in [6, 6.07) is -5.07. The van der Waals surface area contributed by atoms with Crippen LogP contribution in [0.3, 0.4) is 0 Å². The Morgan fingerprint density at radius 3 is 1.02 bits per heavy atom. The Balaban J connectivity index is -0.00000337. The third kappa shape index (κ3) is 37.5. The molecule has 0 saturated carbocycles. The molecular formula is C34H51N5Na8O42S6. The molecule has 508 valence electrons. The summed E-state index contributed by atoms with van der Waals surface area (Å²) in [5.41, 5.74) is 0. The van der Waals surface area contributed by atoms with E-state index in [4.69, 9.17) is 47.4 Å². The van der Waals surface area contributed by atoms with Crippen molar-refractivity contribution in [2.45, 2.75) is 123 Å². The number of aliphatic imine (C=N–C) groups is 2. The number of hydrogen-bond acceptors (Lipinski definition) is 43. The standard InChI is InChI=1S/C34H59N5O42S6.8Na/c1-68-33-25(80-86(62,63)64)19(44)23(27(78-33)29(46)47)76-31-15(38-82(50,51)52)17(42)21(11(74-31)7-72-84(56,57)58)70-9-13(40)36-5-3-35-4-6-37-14(41)10-71-22-12(8-73-85(59,60)61)75-32(16(18(22)43)39-83(53,54)55)77-24-20(45)26(81-87(65,66)67)34(69-2)79-28(24)30(48)49;;;;;;;;/h11-12,15-28,31-35,38-39,42-45H,3-10H2,1-2H3,(H,36,40)(H,37,41)(H,46,47)(H,48,49)(H,50,51,52)(H,53,54,55)(H,56,57,58)(H,59,60,61)(H,62,63,64)(H,65,66,67);;;;;;;;/q;8*+1/p-8/t11-,12-,15-,16-,17-,18-,19+,20+,21-,22-,23+,24+,25-,26-,27-,28-,31-,32-,33-,34-;;;;;;;;/m1......../s1. The average Bonchev–Trinajstić information content (AvgIpc) is 0.782. The minimum absolute atomic E-state index is 0. The maximum atomic E-state index is 12.7. The number of aliphatic hydroxyl groups excluding tert-OH is 4. The van der Waals surface area contributed by atoms with Crippen molar-refractivity contribution < 1.29 is 429 Å². The van der Waals surface area contributed by atoms with E-state index in [1.807, 2.05) is 0 Å². The zero-order valence-electron chi connectivity index (χ0n) is 51.4. The van der Waals surface area contributed by atoms with Crippen molar-refractivity contribution in [2.75, 3.05) is 66.8 Å². The van der Waals surface area contributed by atoms with Crippen molar-refractivity contribution >= 4 is 85.9 Å². The molecule has 4 saturated heterocycles. The van der Waals surface area contributed by atoms with Crippen LogP contribution in [0.1, 0.15) is 0 Å². The number of carboxylic acids is 2. The molecule has 4 fully saturated rings. The molecule has 20 atom stereocenters. The Morgan fingerprint density at radius 2 is 0.768 bits per heavy atom. The Kier molecular flexibility index (Phi) is 54.8. The van der Waals surface area contributed by atoms with Gasteiger partial charge in [-0.3, -0.25) is 17.5 Å². The van der Waals surface area contributed by atoms with Crippen LogP contribution in [-0.2, 0) is 136 Å². The normalized spacial score (nSPS) is 31.7. The molecule has 0 aliphatic carbocycles. The molecule has 0 aromatic heterocycles. The Bertz CT molecular complexity index is 2900. The monoisotopic (exact) mass is 1580 g/mol. The van der Waals surface area contributed by atoms with Crippen LogP contribution in [0, 0.1) is 0 Å². The quantitative estimate of drug-likeness (QED) is 0.00721. The van der Waals surface area contributed by atoms with Gasteiger partial charge in [0.25, 0.3) is 0 Å². The van der Waals surface area contributed by atoms with Gasteiger partial charge in [-0.2, -0.15) is 16.8 Å². The van der Waals surface area contributed by atoms with E-state index in [0.29, 0.717) is 0 Å². The van der Waals surface area contributed by atoms with Gasteiger partial charge in [-0.15, -0.1) is 0 Å². The SMILES string of the molecule is CO[C@@H]1O[C@@H](C(=O)[O-])[C@@H](O[C@H]2O[C@H](COS(=O)(=O)[O-])[C@@H](OCC([O-])=NCCNCCN=C([O-])CO[C@H]3[C@H](O)[C@@H](NS(=O)(=O)[O-])[C@@H](O[C@H]4[C@H](O)[C@@H](OS(=O)(=O)O)[C@H](OC)O[C@H]4C(=O)[O-])O[C@@H]3COS(=O)(=O)[O-])[C@H](O)[C@H]2NS(=O)(=O)[O-])[C@H](O)[C@H]1OS(=O)(=O)O.[Na+].[Na+].[Na+].[Na+].[Na+].[Na+].[Na+].[Na+]. The maximum Gasteiger partial charge on any atom is 1.00 e. The summed E-state index contributed by atoms with van der Waals surface area (Å²) in [4.78, 5) is 31.2. The second-order valence-electron chi connectivity index (χ2n) is 17.6. The van der Waals surface area contributed by atoms with Crippen LogP contribution in [-0.4, -0.2) is 312 Å².